The molecule has 0 spiro atoms. The third kappa shape index (κ3) is 19.4. The van der Waals surface area contributed by atoms with Crippen molar-refractivity contribution in [3.8, 4) is 0 Å². The first kappa shape index (κ1) is 38.2. The van der Waals surface area contributed by atoms with Crippen molar-refractivity contribution in [3.63, 3.8) is 0 Å². The van der Waals surface area contributed by atoms with E-state index in [4.69, 9.17) is 14.2 Å². The average Bonchev–Trinajstić information content (AvgIpc) is 2.96. The monoisotopic (exact) mass is 598 g/mol. The lowest BCUT2D eigenvalue weighted by atomic mass is 9.87. The number of unbranched alkanes of at least 4 members (excludes halogenated alkanes) is 9. The molecule has 244 valence electrons. The van der Waals surface area contributed by atoms with Crippen molar-refractivity contribution in [1.82, 2.24) is 0 Å². The molecule has 4 N–H and O–H groups in total. The Hall–Kier alpha value is -1.78. The fraction of sp³-hybridized carbons (Fsp3) is 0.818. The Balaban J connectivity index is 2.21. The highest BCUT2D eigenvalue weighted by molar-refractivity contribution is 5.69. The van der Waals surface area contributed by atoms with Crippen LogP contribution in [0.25, 0.3) is 0 Å². The molecule has 1 heterocycles. The molecule has 1 fully saturated rings. The van der Waals surface area contributed by atoms with Crippen LogP contribution < -0.4 is 0 Å². The van der Waals surface area contributed by atoms with E-state index >= 15 is 0 Å². The van der Waals surface area contributed by atoms with Gasteiger partial charge in [0, 0.05) is 25.2 Å². The normalized spacial score (nSPS) is 22.4. The van der Waals surface area contributed by atoms with Gasteiger partial charge in [-0.1, -0.05) is 95.9 Å². The highest BCUT2D eigenvalue weighted by Crippen LogP contribution is 2.29. The molecule has 0 radical (unpaired) electrons. The van der Waals surface area contributed by atoms with Crippen LogP contribution in [-0.2, 0) is 23.8 Å². The Bertz CT molecular complexity index is 754. The number of esters is 2. The van der Waals surface area contributed by atoms with Crippen molar-refractivity contribution in [3.05, 3.63) is 24.3 Å². The fourth-order valence-electron chi connectivity index (χ4n) is 4.89. The fourth-order valence-corrected chi connectivity index (χ4v) is 4.89. The van der Waals surface area contributed by atoms with Gasteiger partial charge in [0.05, 0.1) is 18.3 Å². The zero-order valence-electron chi connectivity index (χ0n) is 26.0. The summed E-state index contributed by atoms with van der Waals surface area (Å²) >= 11 is 0. The number of carbonyl (C=O) groups excluding carboxylic acids is 2. The second kappa shape index (κ2) is 24.6. The first-order valence-corrected chi connectivity index (χ1v) is 16.3. The molecule has 1 aliphatic heterocycles. The van der Waals surface area contributed by atoms with Crippen molar-refractivity contribution in [1.29, 1.82) is 0 Å². The zero-order chi connectivity index (χ0) is 31.0. The Labute approximate surface area is 253 Å². The standard InChI is InChI=1S/C33H58O9/c1-3-5-7-8-9-10-15-19-31(37)40-24-27(35)25-41-32(38)20-16-12-11-14-18-28-29(36)23-33(39)42-30(28)22-21-26(34)17-13-6-4-2/h11,14,21-22,26-30,33-36,39H,3-10,12-13,15-20,23-25H2,1-2H3/b14-11-,22-21+/t26-,27-,28-,29-,30+,33?/m0/s1. The van der Waals surface area contributed by atoms with Gasteiger partial charge in [0.25, 0.3) is 0 Å². The molecular formula is C33H58O9. The van der Waals surface area contributed by atoms with Gasteiger partial charge in [-0.2, -0.15) is 0 Å². The Kier molecular flexibility index (Phi) is 22.4. The molecule has 9 nitrogen and oxygen atoms in total. The maximum Gasteiger partial charge on any atom is 0.305 e. The summed E-state index contributed by atoms with van der Waals surface area (Å²) in [7, 11) is 0. The molecule has 42 heavy (non-hydrogen) atoms. The number of allylic oxidation sites excluding steroid dienone is 2. The largest absolute Gasteiger partial charge is 0.463 e. The van der Waals surface area contributed by atoms with Gasteiger partial charge < -0.3 is 34.6 Å². The van der Waals surface area contributed by atoms with Crippen molar-refractivity contribution in [2.24, 2.45) is 5.92 Å². The number of carbonyl (C=O) groups is 2. The van der Waals surface area contributed by atoms with Gasteiger partial charge in [0.2, 0.25) is 0 Å². The van der Waals surface area contributed by atoms with E-state index in [-0.39, 0.29) is 37.9 Å². The van der Waals surface area contributed by atoms with Gasteiger partial charge in [-0.25, -0.2) is 0 Å². The quantitative estimate of drug-likeness (QED) is 0.0663. The molecule has 6 atom stereocenters. The van der Waals surface area contributed by atoms with Crippen LogP contribution in [0.5, 0.6) is 0 Å². The summed E-state index contributed by atoms with van der Waals surface area (Å²) in [5.41, 5.74) is 0. The van der Waals surface area contributed by atoms with E-state index < -0.39 is 36.7 Å². The third-order valence-corrected chi connectivity index (χ3v) is 7.48. The van der Waals surface area contributed by atoms with Gasteiger partial charge in [-0.15, -0.1) is 0 Å². The van der Waals surface area contributed by atoms with E-state index in [1.165, 1.54) is 25.7 Å². The maximum absolute atomic E-state index is 12.0. The van der Waals surface area contributed by atoms with E-state index in [2.05, 4.69) is 13.8 Å². The minimum atomic E-state index is -1.05. The molecule has 1 rings (SSSR count). The molecule has 9 heteroatoms. The first-order valence-electron chi connectivity index (χ1n) is 16.3. The smallest absolute Gasteiger partial charge is 0.305 e. The number of aliphatic hydroxyl groups excluding tert-OH is 4. The molecule has 0 aromatic rings. The number of hydrogen-bond donors (Lipinski definition) is 4. The molecule has 0 saturated carbocycles. The van der Waals surface area contributed by atoms with Crippen LogP contribution >= 0.6 is 0 Å². The van der Waals surface area contributed by atoms with Gasteiger partial charge in [-0.05, 0) is 32.1 Å². The zero-order valence-corrected chi connectivity index (χ0v) is 26.0. The van der Waals surface area contributed by atoms with Crippen LogP contribution in [-0.4, -0.2) is 76.3 Å². The third-order valence-electron chi connectivity index (χ3n) is 7.48. The molecule has 1 aliphatic rings. The second-order valence-corrected chi connectivity index (χ2v) is 11.5. The van der Waals surface area contributed by atoms with Crippen LogP contribution in [0.15, 0.2) is 24.3 Å². The number of aliphatic hydroxyl groups is 4. The van der Waals surface area contributed by atoms with Crippen LogP contribution in [0.4, 0.5) is 0 Å². The number of ether oxygens (including phenoxy) is 3. The van der Waals surface area contributed by atoms with Crippen LogP contribution in [0.3, 0.4) is 0 Å². The van der Waals surface area contributed by atoms with Crippen molar-refractivity contribution in [2.75, 3.05) is 13.2 Å². The van der Waals surface area contributed by atoms with Gasteiger partial charge in [0.15, 0.2) is 6.29 Å². The van der Waals surface area contributed by atoms with Gasteiger partial charge >= 0.3 is 11.9 Å². The second-order valence-electron chi connectivity index (χ2n) is 11.5. The number of rotatable bonds is 24. The molecule has 0 aliphatic carbocycles. The van der Waals surface area contributed by atoms with E-state index in [0.717, 1.165) is 38.5 Å². The lowest BCUT2D eigenvalue weighted by molar-refractivity contribution is -0.199. The maximum atomic E-state index is 12.0. The van der Waals surface area contributed by atoms with Crippen LogP contribution in [0, 0.1) is 5.92 Å². The Morgan fingerprint density at radius 1 is 0.833 bits per heavy atom. The van der Waals surface area contributed by atoms with E-state index in [0.29, 0.717) is 32.1 Å². The highest BCUT2D eigenvalue weighted by Gasteiger charge is 2.35. The van der Waals surface area contributed by atoms with E-state index in [1.54, 1.807) is 12.2 Å². The molecule has 0 aromatic heterocycles. The van der Waals surface area contributed by atoms with Crippen molar-refractivity contribution < 1.29 is 44.2 Å². The van der Waals surface area contributed by atoms with Crippen LogP contribution in [0.2, 0.25) is 0 Å². The molecule has 0 amide bonds. The molecular weight excluding hydrogens is 540 g/mol. The minimum absolute atomic E-state index is 0.137. The first-order chi connectivity index (χ1) is 20.3. The summed E-state index contributed by atoms with van der Waals surface area (Å²) in [5.74, 6) is -1.02. The van der Waals surface area contributed by atoms with Crippen molar-refractivity contribution >= 4 is 11.9 Å². The lowest BCUT2D eigenvalue weighted by Gasteiger charge is -2.36. The summed E-state index contributed by atoms with van der Waals surface area (Å²) in [6.07, 6.45) is 17.3. The SMILES string of the molecule is CCCCCCCCCC(=O)OC[C@H](O)COC(=O)CCC/C=C\C[C@H]1[C@@H](O)CC(O)O[C@@H]1/C=C/[C@@H](O)CCCCC. The summed E-state index contributed by atoms with van der Waals surface area (Å²) in [4.78, 5) is 23.8. The predicted molar refractivity (Wildman–Crippen MR) is 162 cm³/mol. The minimum Gasteiger partial charge on any atom is -0.463 e. The van der Waals surface area contributed by atoms with Crippen LogP contribution in [0.1, 0.15) is 123 Å². The number of hydrogen-bond acceptors (Lipinski definition) is 9. The Morgan fingerprint density at radius 3 is 2.10 bits per heavy atom. The van der Waals surface area contributed by atoms with Crippen molar-refractivity contribution in [2.45, 2.75) is 154 Å². The molecule has 1 unspecified atom stereocenters. The van der Waals surface area contributed by atoms with Gasteiger partial charge in [0.1, 0.15) is 19.3 Å². The average molecular weight is 599 g/mol. The van der Waals surface area contributed by atoms with Gasteiger partial charge in [-0.3, -0.25) is 9.59 Å². The summed E-state index contributed by atoms with van der Waals surface area (Å²) < 4.78 is 15.8. The summed E-state index contributed by atoms with van der Waals surface area (Å²) in [5, 5.41) is 40.5. The highest BCUT2D eigenvalue weighted by atomic mass is 16.6. The van der Waals surface area contributed by atoms with E-state index in [9.17, 15) is 30.0 Å². The summed E-state index contributed by atoms with van der Waals surface area (Å²) in [6, 6.07) is 0. The summed E-state index contributed by atoms with van der Waals surface area (Å²) in [6.45, 7) is 3.89. The molecule has 0 bridgehead atoms. The topological polar surface area (TPSA) is 143 Å². The molecule has 0 aromatic carbocycles. The lowest BCUT2D eigenvalue weighted by Crippen LogP contribution is -2.43. The van der Waals surface area contributed by atoms with E-state index in [1.807, 2.05) is 12.2 Å². The Morgan fingerprint density at radius 2 is 1.43 bits per heavy atom. The molecule has 1 saturated heterocycles. The predicted octanol–water partition coefficient (Wildman–Crippen LogP) is 5.27.